The lowest BCUT2D eigenvalue weighted by molar-refractivity contribution is -0.116. The lowest BCUT2D eigenvalue weighted by Crippen LogP contribution is -2.23. The standard InChI is InChI=1S/C15H17N3O2/c1-20-14-4-2-3-12(9-14)5-6-15(19)17-8-7-13-10-16-11-18-13/h2-6,9-11H,7-8H2,1H3,(H,16,18)(H,17,19). The molecule has 2 aromatic rings. The van der Waals surface area contributed by atoms with Gasteiger partial charge in [-0.25, -0.2) is 4.98 Å². The van der Waals surface area contributed by atoms with Crippen molar-refractivity contribution in [2.45, 2.75) is 6.42 Å². The minimum atomic E-state index is -0.118. The van der Waals surface area contributed by atoms with Gasteiger partial charge in [-0.05, 0) is 23.8 Å². The number of nitrogens with zero attached hydrogens (tertiary/aromatic N) is 1. The first-order valence-electron chi connectivity index (χ1n) is 6.35. The molecule has 0 unspecified atom stereocenters. The zero-order chi connectivity index (χ0) is 14.2. The van der Waals surface area contributed by atoms with Gasteiger partial charge in [0.05, 0.1) is 13.4 Å². The lowest BCUT2D eigenvalue weighted by atomic mass is 10.2. The summed E-state index contributed by atoms with van der Waals surface area (Å²) in [7, 11) is 1.62. The molecule has 0 radical (unpaired) electrons. The molecule has 0 bridgehead atoms. The summed E-state index contributed by atoms with van der Waals surface area (Å²) >= 11 is 0. The quantitative estimate of drug-likeness (QED) is 0.787. The largest absolute Gasteiger partial charge is 0.497 e. The van der Waals surface area contributed by atoms with E-state index in [2.05, 4.69) is 15.3 Å². The third-order valence-electron chi connectivity index (χ3n) is 2.77. The Balaban J connectivity index is 1.79. The predicted octanol–water partition coefficient (Wildman–Crippen LogP) is 1.79. The molecular weight excluding hydrogens is 254 g/mol. The summed E-state index contributed by atoms with van der Waals surface area (Å²) in [5.41, 5.74) is 1.93. The number of aromatic amines is 1. The summed E-state index contributed by atoms with van der Waals surface area (Å²) in [5, 5.41) is 2.82. The van der Waals surface area contributed by atoms with E-state index in [0.717, 1.165) is 23.4 Å². The SMILES string of the molecule is COc1cccc(C=CC(=O)NCCc2cnc[nH]2)c1. The predicted molar refractivity (Wildman–Crippen MR) is 77.3 cm³/mol. The highest BCUT2D eigenvalue weighted by molar-refractivity contribution is 5.91. The van der Waals surface area contributed by atoms with E-state index in [4.69, 9.17) is 4.74 Å². The fraction of sp³-hybridized carbons (Fsp3) is 0.200. The van der Waals surface area contributed by atoms with E-state index in [1.807, 2.05) is 24.3 Å². The Kier molecular flexibility index (Phi) is 4.94. The summed E-state index contributed by atoms with van der Waals surface area (Å²) in [6.07, 6.45) is 7.38. The average Bonchev–Trinajstić information content (AvgIpc) is 2.98. The second kappa shape index (κ2) is 7.13. The maximum atomic E-state index is 11.6. The Bertz CT molecular complexity index is 577. The van der Waals surface area contributed by atoms with Gasteiger partial charge >= 0.3 is 0 Å². The van der Waals surface area contributed by atoms with Crippen LogP contribution in [0.15, 0.2) is 42.9 Å². The van der Waals surface area contributed by atoms with Gasteiger partial charge < -0.3 is 15.0 Å². The van der Waals surface area contributed by atoms with E-state index in [0.29, 0.717) is 6.54 Å². The Morgan fingerprint density at radius 1 is 1.50 bits per heavy atom. The van der Waals surface area contributed by atoms with E-state index in [9.17, 15) is 4.79 Å². The molecule has 2 N–H and O–H groups in total. The molecule has 5 heteroatoms. The molecule has 2 rings (SSSR count). The van der Waals surface area contributed by atoms with Crippen LogP contribution in [-0.2, 0) is 11.2 Å². The van der Waals surface area contributed by atoms with Crippen LogP contribution in [0.1, 0.15) is 11.3 Å². The van der Waals surface area contributed by atoms with Crippen LogP contribution in [0.5, 0.6) is 5.75 Å². The van der Waals surface area contributed by atoms with Crippen molar-refractivity contribution in [1.82, 2.24) is 15.3 Å². The number of ether oxygens (including phenoxy) is 1. The zero-order valence-electron chi connectivity index (χ0n) is 11.3. The average molecular weight is 271 g/mol. The molecule has 0 saturated carbocycles. The van der Waals surface area contributed by atoms with Crippen LogP contribution < -0.4 is 10.1 Å². The van der Waals surface area contributed by atoms with Crippen LogP contribution in [0.25, 0.3) is 6.08 Å². The highest BCUT2D eigenvalue weighted by atomic mass is 16.5. The Hall–Kier alpha value is -2.56. The molecule has 0 atom stereocenters. The molecule has 0 aliphatic carbocycles. The van der Waals surface area contributed by atoms with Gasteiger partial charge in [-0.2, -0.15) is 0 Å². The molecule has 5 nitrogen and oxygen atoms in total. The number of aromatic nitrogens is 2. The van der Waals surface area contributed by atoms with Crippen molar-refractivity contribution in [3.05, 3.63) is 54.1 Å². The molecule has 0 aliphatic rings. The van der Waals surface area contributed by atoms with Gasteiger partial charge in [-0.1, -0.05) is 12.1 Å². The molecular formula is C15H17N3O2. The van der Waals surface area contributed by atoms with Gasteiger partial charge in [0.1, 0.15) is 5.75 Å². The molecule has 0 saturated heterocycles. The normalized spacial score (nSPS) is 10.7. The van der Waals surface area contributed by atoms with E-state index in [-0.39, 0.29) is 5.91 Å². The fourth-order valence-corrected chi connectivity index (χ4v) is 1.72. The van der Waals surface area contributed by atoms with Crippen molar-refractivity contribution in [1.29, 1.82) is 0 Å². The molecule has 1 aromatic heterocycles. The maximum Gasteiger partial charge on any atom is 0.244 e. The summed E-state index contributed by atoms with van der Waals surface area (Å²) < 4.78 is 5.12. The number of H-pyrrole nitrogens is 1. The van der Waals surface area contributed by atoms with Crippen molar-refractivity contribution in [3.8, 4) is 5.75 Å². The molecule has 20 heavy (non-hydrogen) atoms. The second-order valence-electron chi connectivity index (χ2n) is 4.23. The molecule has 1 aromatic carbocycles. The van der Waals surface area contributed by atoms with Gasteiger partial charge in [-0.3, -0.25) is 4.79 Å². The van der Waals surface area contributed by atoms with E-state index in [1.54, 1.807) is 25.7 Å². The topological polar surface area (TPSA) is 67.0 Å². The lowest BCUT2D eigenvalue weighted by Gasteiger charge is -2.01. The summed E-state index contributed by atoms with van der Waals surface area (Å²) in [6.45, 7) is 0.573. The summed E-state index contributed by atoms with van der Waals surface area (Å²) in [6, 6.07) is 7.53. The van der Waals surface area contributed by atoms with Crippen LogP contribution in [0.2, 0.25) is 0 Å². The number of carbonyl (C=O) groups excluding carboxylic acids is 1. The molecule has 1 heterocycles. The minimum absolute atomic E-state index is 0.118. The minimum Gasteiger partial charge on any atom is -0.497 e. The van der Waals surface area contributed by atoms with Gasteiger partial charge in [-0.15, -0.1) is 0 Å². The summed E-state index contributed by atoms with van der Waals surface area (Å²) in [4.78, 5) is 18.5. The number of imidazole rings is 1. The Morgan fingerprint density at radius 3 is 3.15 bits per heavy atom. The molecule has 0 spiro atoms. The fourth-order valence-electron chi connectivity index (χ4n) is 1.72. The highest BCUT2D eigenvalue weighted by Crippen LogP contribution is 2.13. The number of amides is 1. The zero-order valence-corrected chi connectivity index (χ0v) is 11.3. The van der Waals surface area contributed by atoms with E-state index < -0.39 is 0 Å². The van der Waals surface area contributed by atoms with Crippen LogP contribution in [-0.4, -0.2) is 29.5 Å². The van der Waals surface area contributed by atoms with Crippen molar-refractivity contribution in [3.63, 3.8) is 0 Å². The van der Waals surface area contributed by atoms with Crippen molar-refractivity contribution >= 4 is 12.0 Å². The Morgan fingerprint density at radius 2 is 2.40 bits per heavy atom. The van der Waals surface area contributed by atoms with Gasteiger partial charge in [0.2, 0.25) is 5.91 Å². The first-order valence-corrected chi connectivity index (χ1v) is 6.35. The smallest absolute Gasteiger partial charge is 0.244 e. The number of carbonyl (C=O) groups is 1. The van der Waals surface area contributed by atoms with Crippen LogP contribution >= 0.6 is 0 Å². The van der Waals surface area contributed by atoms with Crippen molar-refractivity contribution < 1.29 is 9.53 Å². The number of rotatable bonds is 6. The highest BCUT2D eigenvalue weighted by Gasteiger charge is 1.97. The second-order valence-corrected chi connectivity index (χ2v) is 4.23. The monoisotopic (exact) mass is 271 g/mol. The summed E-state index contributed by atoms with van der Waals surface area (Å²) in [5.74, 6) is 0.652. The van der Waals surface area contributed by atoms with E-state index in [1.165, 1.54) is 6.08 Å². The number of methoxy groups -OCH3 is 1. The molecule has 1 amide bonds. The van der Waals surface area contributed by atoms with Gasteiger partial charge in [0.25, 0.3) is 0 Å². The number of hydrogen-bond donors (Lipinski definition) is 2. The van der Waals surface area contributed by atoms with Crippen molar-refractivity contribution in [2.75, 3.05) is 13.7 Å². The molecule has 0 aliphatic heterocycles. The van der Waals surface area contributed by atoms with Gasteiger partial charge in [0.15, 0.2) is 0 Å². The van der Waals surface area contributed by atoms with Crippen LogP contribution in [0.4, 0.5) is 0 Å². The maximum absolute atomic E-state index is 11.6. The third-order valence-corrected chi connectivity index (χ3v) is 2.77. The molecule has 104 valence electrons. The first kappa shape index (κ1) is 13.9. The van der Waals surface area contributed by atoms with Crippen molar-refractivity contribution in [2.24, 2.45) is 0 Å². The van der Waals surface area contributed by atoms with Crippen LogP contribution in [0, 0.1) is 0 Å². The Labute approximate surface area is 117 Å². The number of hydrogen-bond acceptors (Lipinski definition) is 3. The van der Waals surface area contributed by atoms with E-state index >= 15 is 0 Å². The third kappa shape index (κ3) is 4.28. The van der Waals surface area contributed by atoms with Gasteiger partial charge in [0, 0.05) is 30.9 Å². The molecule has 0 fully saturated rings. The van der Waals surface area contributed by atoms with Crippen LogP contribution in [0.3, 0.4) is 0 Å². The first-order chi connectivity index (χ1) is 9.78. The number of nitrogens with one attached hydrogen (secondary N) is 2. The number of benzene rings is 1.